The van der Waals surface area contributed by atoms with Crippen LogP contribution in [0.1, 0.15) is 18.5 Å². The Morgan fingerprint density at radius 1 is 0.950 bits per heavy atom. The molecule has 104 valence electrons. The van der Waals surface area contributed by atoms with Crippen molar-refractivity contribution in [1.29, 1.82) is 0 Å². The summed E-state index contributed by atoms with van der Waals surface area (Å²) in [5.41, 5.74) is 3.68. The molecule has 1 N–H and O–H groups in total. The highest BCUT2D eigenvalue weighted by Crippen LogP contribution is 2.24. The van der Waals surface area contributed by atoms with Crippen molar-refractivity contribution in [3.8, 4) is 11.1 Å². The van der Waals surface area contributed by atoms with Crippen molar-refractivity contribution in [2.24, 2.45) is 0 Å². The smallest absolute Gasteiger partial charge is 0.0439 e. The Morgan fingerprint density at radius 3 is 2.25 bits per heavy atom. The van der Waals surface area contributed by atoms with Gasteiger partial charge in [0.25, 0.3) is 0 Å². The Hall–Kier alpha value is -1.45. The van der Waals surface area contributed by atoms with Gasteiger partial charge in [-0.3, -0.25) is 4.21 Å². The van der Waals surface area contributed by atoms with Crippen LogP contribution in [0.2, 0.25) is 0 Å². The second kappa shape index (κ2) is 5.90. The molecule has 0 radical (unpaired) electrons. The molecular formula is C17H19NOS. The van der Waals surface area contributed by atoms with Gasteiger partial charge < -0.3 is 5.32 Å². The van der Waals surface area contributed by atoms with E-state index in [-0.39, 0.29) is 6.04 Å². The van der Waals surface area contributed by atoms with Crippen LogP contribution in [0.3, 0.4) is 0 Å². The lowest BCUT2D eigenvalue weighted by molar-refractivity contribution is 0.490. The van der Waals surface area contributed by atoms with E-state index in [0.29, 0.717) is 6.04 Å². The van der Waals surface area contributed by atoms with Crippen molar-refractivity contribution >= 4 is 10.8 Å². The standard InChI is InChI=1S/C17H19NOS/c1-13-11-20(19)12-17(18-13)16-9-7-15(8-10-16)14-5-3-2-4-6-14/h2-10,13,17-18H,11-12H2,1H3. The van der Waals surface area contributed by atoms with Crippen LogP contribution in [-0.4, -0.2) is 21.8 Å². The molecule has 0 aliphatic carbocycles. The van der Waals surface area contributed by atoms with Gasteiger partial charge in [-0.2, -0.15) is 0 Å². The van der Waals surface area contributed by atoms with Crippen LogP contribution in [0.25, 0.3) is 11.1 Å². The number of hydrogen-bond donors (Lipinski definition) is 1. The van der Waals surface area contributed by atoms with Crippen molar-refractivity contribution in [2.45, 2.75) is 19.0 Å². The zero-order valence-corrected chi connectivity index (χ0v) is 12.4. The van der Waals surface area contributed by atoms with Gasteiger partial charge in [-0.25, -0.2) is 0 Å². The van der Waals surface area contributed by atoms with E-state index in [0.717, 1.165) is 11.5 Å². The van der Waals surface area contributed by atoms with Crippen LogP contribution in [0.15, 0.2) is 54.6 Å². The van der Waals surface area contributed by atoms with E-state index in [2.05, 4.69) is 60.8 Å². The van der Waals surface area contributed by atoms with E-state index in [9.17, 15) is 4.21 Å². The third-order valence-corrected chi connectivity index (χ3v) is 5.27. The summed E-state index contributed by atoms with van der Waals surface area (Å²) in [6.07, 6.45) is 0. The first-order chi connectivity index (χ1) is 9.72. The predicted molar refractivity (Wildman–Crippen MR) is 85.1 cm³/mol. The number of nitrogens with one attached hydrogen (secondary N) is 1. The Balaban J connectivity index is 1.81. The number of benzene rings is 2. The van der Waals surface area contributed by atoms with Crippen molar-refractivity contribution in [3.05, 3.63) is 60.2 Å². The Morgan fingerprint density at radius 2 is 1.60 bits per heavy atom. The summed E-state index contributed by atoms with van der Waals surface area (Å²) in [6.45, 7) is 2.10. The molecule has 3 unspecified atom stereocenters. The monoisotopic (exact) mass is 285 g/mol. The van der Waals surface area contributed by atoms with Crippen molar-refractivity contribution in [2.75, 3.05) is 11.5 Å². The summed E-state index contributed by atoms with van der Waals surface area (Å²) in [5.74, 6) is 1.48. The Labute approximate surface area is 122 Å². The van der Waals surface area contributed by atoms with E-state index >= 15 is 0 Å². The molecule has 1 heterocycles. The summed E-state index contributed by atoms with van der Waals surface area (Å²) in [6, 6.07) is 19.5. The van der Waals surface area contributed by atoms with Crippen LogP contribution in [-0.2, 0) is 10.8 Å². The molecule has 0 aromatic heterocycles. The maximum atomic E-state index is 11.8. The predicted octanol–water partition coefficient (Wildman–Crippen LogP) is 3.14. The highest BCUT2D eigenvalue weighted by molar-refractivity contribution is 7.85. The molecule has 1 aliphatic heterocycles. The van der Waals surface area contributed by atoms with E-state index in [1.165, 1.54) is 16.7 Å². The third-order valence-electron chi connectivity index (χ3n) is 3.69. The lowest BCUT2D eigenvalue weighted by Crippen LogP contribution is -2.43. The first-order valence-electron chi connectivity index (χ1n) is 6.99. The zero-order chi connectivity index (χ0) is 13.9. The quantitative estimate of drug-likeness (QED) is 0.918. The summed E-state index contributed by atoms with van der Waals surface area (Å²) in [5, 5.41) is 3.53. The van der Waals surface area contributed by atoms with Crippen molar-refractivity contribution < 1.29 is 4.21 Å². The minimum Gasteiger partial charge on any atom is -0.306 e. The molecule has 2 nitrogen and oxygen atoms in total. The summed E-state index contributed by atoms with van der Waals surface area (Å²) >= 11 is 0. The van der Waals surface area contributed by atoms with E-state index in [4.69, 9.17) is 0 Å². The van der Waals surface area contributed by atoms with E-state index in [1.54, 1.807) is 0 Å². The molecule has 20 heavy (non-hydrogen) atoms. The fraction of sp³-hybridized carbons (Fsp3) is 0.294. The lowest BCUT2D eigenvalue weighted by atomic mass is 10.0. The molecule has 0 spiro atoms. The molecule has 0 saturated carbocycles. The molecule has 3 rings (SSSR count). The first kappa shape index (κ1) is 13.5. The SMILES string of the molecule is CC1CS(=O)CC(c2ccc(-c3ccccc3)cc2)N1. The van der Waals surface area contributed by atoms with Crippen LogP contribution < -0.4 is 5.32 Å². The second-order valence-corrected chi connectivity index (χ2v) is 6.93. The zero-order valence-electron chi connectivity index (χ0n) is 11.6. The molecule has 0 bridgehead atoms. The Bertz CT molecular complexity index is 594. The fourth-order valence-corrected chi connectivity index (χ4v) is 4.15. The summed E-state index contributed by atoms with van der Waals surface area (Å²) in [4.78, 5) is 0. The fourth-order valence-electron chi connectivity index (χ4n) is 2.70. The third kappa shape index (κ3) is 3.00. The van der Waals surface area contributed by atoms with Gasteiger partial charge in [-0.1, -0.05) is 54.6 Å². The molecule has 1 aliphatic rings. The van der Waals surface area contributed by atoms with E-state index < -0.39 is 10.8 Å². The van der Waals surface area contributed by atoms with Crippen LogP contribution >= 0.6 is 0 Å². The molecule has 3 atom stereocenters. The van der Waals surface area contributed by atoms with Gasteiger partial charge in [0.05, 0.1) is 0 Å². The molecule has 2 aromatic rings. The van der Waals surface area contributed by atoms with Crippen LogP contribution in [0, 0.1) is 0 Å². The first-order valence-corrected chi connectivity index (χ1v) is 8.47. The Kier molecular flexibility index (Phi) is 3.99. The van der Waals surface area contributed by atoms with Gasteiger partial charge in [0.1, 0.15) is 0 Å². The minimum atomic E-state index is -0.705. The van der Waals surface area contributed by atoms with Gasteiger partial charge in [-0.15, -0.1) is 0 Å². The topological polar surface area (TPSA) is 29.1 Å². The normalized spacial score (nSPS) is 26.4. The molecule has 1 saturated heterocycles. The minimum absolute atomic E-state index is 0.212. The lowest BCUT2D eigenvalue weighted by Gasteiger charge is -2.28. The van der Waals surface area contributed by atoms with Crippen LogP contribution in [0.4, 0.5) is 0 Å². The highest BCUT2D eigenvalue weighted by Gasteiger charge is 2.23. The molecule has 3 heteroatoms. The summed E-state index contributed by atoms with van der Waals surface area (Å²) < 4.78 is 11.8. The van der Waals surface area contributed by atoms with Gasteiger partial charge in [0, 0.05) is 34.4 Å². The summed E-state index contributed by atoms with van der Waals surface area (Å²) in [7, 11) is -0.705. The number of hydrogen-bond acceptors (Lipinski definition) is 2. The highest BCUT2D eigenvalue weighted by atomic mass is 32.2. The molecule has 1 fully saturated rings. The maximum absolute atomic E-state index is 11.8. The maximum Gasteiger partial charge on any atom is 0.0439 e. The molecule has 0 amide bonds. The van der Waals surface area contributed by atoms with Crippen LogP contribution in [0.5, 0.6) is 0 Å². The molecule has 2 aromatic carbocycles. The average molecular weight is 285 g/mol. The largest absolute Gasteiger partial charge is 0.306 e. The van der Waals surface area contributed by atoms with Gasteiger partial charge in [0.15, 0.2) is 0 Å². The van der Waals surface area contributed by atoms with Gasteiger partial charge >= 0.3 is 0 Å². The van der Waals surface area contributed by atoms with Crippen molar-refractivity contribution in [3.63, 3.8) is 0 Å². The van der Waals surface area contributed by atoms with Gasteiger partial charge in [0.2, 0.25) is 0 Å². The van der Waals surface area contributed by atoms with Crippen molar-refractivity contribution in [1.82, 2.24) is 5.32 Å². The second-order valence-electron chi connectivity index (χ2n) is 5.38. The average Bonchev–Trinajstić information content (AvgIpc) is 2.47. The molecular weight excluding hydrogens is 266 g/mol. The number of rotatable bonds is 2. The van der Waals surface area contributed by atoms with Gasteiger partial charge in [-0.05, 0) is 23.6 Å². The van der Waals surface area contributed by atoms with E-state index in [1.807, 2.05) is 6.07 Å².